The van der Waals surface area contributed by atoms with E-state index in [1.54, 1.807) is 0 Å². The number of nitrogens with one attached hydrogen (secondary N) is 2. The van der Waals surface area contributed by atoms with Gasteiger partial charge in [0.15, 0.2) is 11.5 Å². The van der Waals surface area contributed by atoms with Crippen molar-refractivity contribution in [2.45, 2.75) is 26.4 Å². The van der Waals surface area contributed by atoms with Crippen molar-refractivity contribution >= 4 is 0 Å². The predicted octanol–water partition coefficient (Wildman–Crippen LogP) is 4.05. The van der Waals surface area contributed by atoms with Crippen LogP contribution in [0.3, 0.4) is 0 Å². The van der Waals surface area contributed by atoms with Crippen molar-refractivity contribution in [2.24, 2.45) is 0 Å². The minimum atomic E-state index is 0.0355. The van der Waals surface area contributed by atoms with Crippen molar-refractivity contribution in [3.63, 3.8) is 0 Å². The lowest BCUT2D eigenvalue weighted by Crippen LogP contribution is -2.27. The van der Waals surface area contributed by atoms with Crippen LogP contribution in [0.25, 0.3) is 0 Å². The molecule has 2 N–H and O–H groups in total. The molecule has 0 aliphatic rings. The summed E-state index contributed by atoms with van der Waals surface area (Å²) in [7, 11) is 1.89. The summed E-state index contributed by atoms with van der Waals surface area (Å²) in [6, 6.07) is 16.4. The Morgan fingerprint density at radius 1 is 1.00 bits per heavy atom. The normalized spacial score (nSPS) is 11.6. The first-order valence-electron chi connectivity index (χ1n) is 8.73. The summed E-state index contributed by atoms with van der Waals surface area (Å²) in [6.07, 6.45) is 0. The summed E-state index contributed by atoms with van der Waals surface area (Å²) in [6.45, 7) is 10.0. The highest BCUT2D eigenvalue weighted by Crippen LogP contribution is 2.29. The quantitative estimate of drug-likeness (QED) is 0.685. The van der Waals surface area contributed by atoms with Crippen molar-refractivity contribution in [3.8, 4) is 11.5 Å². The number of ether oxygens (including phenoxy) is 2. The molecule has 4 nitrogen and oxygen atoms in total. The van der Waals surface area contributed by atoms with E-state index in [9.17, 15) is 0 Å². The van der Waals surface area contributed by atoms with E-state index in [1.807, 2.05) is 51.2 Å². The van der Waals surface area contributed by atoms with Gasteiger partial charge < -0.3 is 20.1 Å². The summed E-state index contributed by atoms with van der Waals surface area (Å²) < 4.78 is 11.3. The molecular formula is C21H28N2O2. The van der Waals surface area contributed by atoms with Crippen LogP contribution < -0.4 is 20.1 Å². The molecule has 2 aromatic carbocycles. The van der Waals surface area contributed by atoms with E-state index in [4.69, 9.17) is 9.47 Å². The Bertz CT molecular complexity index is 671. The van der Waals surface area contributed by atoms with Gasteiger partial charge in [-0.05, 0) is 37.1 Å². The monoisotopic (exact) mass is 340 g/mol. The molecule has 0 amide bonds. The van der Waals surface area contributed by atoms with Crippen molar-refractivity contribution < 1.29 is 9.47 Å². The van der Waals surface area contributed by atoms with E-state index in [2.05, 4.69) is 35.4 Å². The Morgan fingerprint density at radius 3 is 2.32 bits per heavy atom. The molecule has 0 unspecified atom stereocenters. The van der Waals surface area contributed by atoms with Crippen LogP contribution in [-0.4, -0.2) is 20.3 Å². The van der Waals surface area contributed by atoms with Gasteiger partial charge in [-0.2, -0.15) is 0 Å². The second kappa shape index (κ2) is 9.74. The number of rotatable bonds is 10. The van der Waals surface area contributed by atoms with Gasteiger partial charge in [0.1, 0.15) is 0 Å². The first-order valence-corrected chi connectivity index (χ1v) is 8.73. The molecule has 134 valence electrons. The first-order chi connectivity index (χ1) is 12.2. The van der Waals surface area contributed by atoms with Gasteiger partial charge in [0, 0.05) is 19.3 Å². The van der Waals surface area contributed by atoms with Crippen LogP contribution in [0.2, 0.25) is 0 Å². The fourth-order valence-electron chi connectivity index (χ4n) is 2.66. The third-order valence-electron chi connectivity index (χ3n) is 3.92. The molecule has 0 saturated carbocycles. The van der Waals surface area contributed by atoms with Gasteiger partial charge in [-0.15, -0.1) is 0 Å². The topological polar surface area (TPSA) is 42.5 Å². The molecule has 0 heterocycles. The van der Waals surface area contributed by atoms with Crippen LogP contribution in [0.1, 0.15) is 31.0 Å². The lowest BCUT2D eigenvalue weighted by Gasteiger charge is -2.22. The Labute approximate surface area is 150 Å². The third-order valence-corrected chi connectivity index (χ3v) is 3.92. The lowest BCUT2D eigenvalue weighted by atomic mass is 10.0. The van der Waals surface area contributed by atoms with Gasteiger partial charge in [0.05, 0.1) is 19.3 Å². The number of likely N-dealkylation sites (N-methyl/N-ethyl adjacent to an activating group) is 1. The molecule has 0 fully saturated rings. The number of hydrogen-bond donors (Lipinski definition) is 2. The van der Waals surface area contributed by atoms with Crippen molar-refractivity contribution in [1.29, 1.82) is 0 Å². The zero-order valence-electron chi connectivity index (χ0n) is 15.3. The Morgan fingerprint density at radius 2 is 1.68 bits per heavy atom. The van der Waals surface area contributed by atoms with Gasteiger partial charge in [-0.25, -0.2) is 0 Å². The molecule has 2 aromatic rings. The summed E-state index contributed by atoms with van der Waals surface area (Å²) in [5.74, 6) is 1.57. The first kappa shape index (κ1) is 18.9. The van der Waals surface area contributed by atoms with Crippen molar-refractivity contribution in [1.82, 2.24) is 10.6 Å². The van der Waals surface area contributed by atoms with E-state index in [-0.39, 0.29) is 6.04 Å². The van der Waals surface area contributed by atoms with E-state index >= 15 is 0 Å². The second-order valence-corrected chi connectivity index (χ2v) is 5.65. The predicted molar refractivity (Wildman–Crippen MR) is 103 cm³/mol. The highest BCUT2D eigenvalue weighted by molar-refractivity contribution is 5.43. The Balaban J connectivity index is 2.14. The molecule has 25 heavy (non-hydrogen) atoms. The molecule has 0 aromatic heterocycles. The van der Waals surface area contributed by atoms with Gasteiger partial charge in [0.2, 0.25) is 0 Å². The minimum Gasteiger partial charge on any atom is -0.490 e. The molecule has 4 heteroatoms. The smallest absolute Gasteiger partial charge is 0.161 e. The molecule has 0 saturated heterocycles. The number of benzene rings is 2. The van der Waals surface area contributed by atoms with Crippen LogP contribution in [0, 0.1) is 0 Å². The summed E-state index contributed by atoms with van der Waals surface area (Å²) >= 11 is 0. The second-order valence-electron chi connectivity index (χ2n) is 5.65. The van der Waals surface area contributed by atoms with Crippen LogP contribution in [0.4, 0.5) is 0 Å². The number of hydrogen-bond acceptors (Lipinski definition) is 4. The molecule has 0 aliphatic carbocycles. The largest absolute Gasteiger partial charge is 0.490 e. The summed E-state index contributed by atoms with van der Waals surface area (Å²) in [5.41, 5.74) is 3.25. The van der Waals surface area contributed by atoms with Gasteiger partial charge in [0.25, 0.3) is 0 Å². The SMILES string of the molecule is C=C(NC)[C@H](NCc1ccc(OCC)c(OCC)c1)c1ccccc1. The molecule has 1 atom stereocenters. The molecule has 0 aliphatic heterocycles. The average Bonchev–Trinajstić information content (AvgIpc) is 2.65. The van der Waals surface area contributed by atoms with E-state index in [0.717, 1.165) is 22.8 Å². The lowest BCUT2D eigenvalue weighted by molar-refractivity contribution is 0.287. The van der Waals surface area contributed by atoms with E-state index in [1.165, 1.54) is 5.56 Å². The third kappa shape index (κ3) is 5.26. The van der Waals surface area contributed by atoms with Gasteiger partial charge >= 0.3 is 0 Å². The van der Waals surface area contributed by atoms with Gasteiger partial charge in [-0.1, -0.05) is 43.0 Å². The maximum Gasteiger partial charge on any atom is 0.161 e. The molecule has 0 radical (unpaired) electrons. The fourth-order valence-corrected chi connectivity index (χ4v) is 2.66. The average molecular weight is 340 g/mol. The van der Waals surface area contributed by atoms with E-state index < -0.39 is 0 Å². The molecule has 0 bridgehead atoms. The zero-order chi connectivity index (χ0) is 18.1. The van der Waals surface area contributed by atoms with Crippen LogP contribution >= 0.6 is 0 Å². The molecular weight excluding hydrogens is 312 g/mol. The van der Waals surface area contributed by atoms with Crippen molar-refractivity contribution in [2.75, 3.05) is 20.3 Å². The standard InChI is InChI=1S/C21H28N2O2/c1-5-24-19-13-12-17(14-20(19)25-6-2)15-23-21(16(3)22-4)18-10-8-7-9-11-18/h7-14,21-23H,3,5-6,15H2,1-2,4H3/t21-/m0/s1. The van der Waals surface area contributed by atoms with Crippen LogP contribution in [0.15, 0.2) is 60.8 Å². The zero-order valence-corrected chi connectivity index (χ0v) is 15.3. The fraction of sp³-hybridized carbons (Fsp3) is 0.333. The maximum absolute atomic E-state index is 5.71. The molecule has 2 rings (SSSR count). The highest BCUT2D eigenvalue weighted by Gasteiger charge is 2.14. The van der Waals surface area contributed by atoms with Crippen LogP contribution in [-0.2, 0) is 6.54 Å². The Kier molecular flexibility index (Phi) is 7.36. The Hall–Kier alpha value is -2.46. The maximum atomic E-state index is 5.71. The summed E-state index contributed by atoms with van der Waals surface area (Å²) in [4.78, 5) is 0. The minimum absolute atomic E-state index is 0.0355. The van der Waals surface area contributed by atoms with Gasteiger partial charge in [-0.3, -0.25) is 0 Å². The van der Waals surface area contributed by atoms with Crippen molar-refractivity contribution in [3.05, 3.63) is 71.9 Å². The molecule has 0 spiro atoms. The van der Waals surface area contributed by atoms with E-state index in [0.29, 0.717) is 19.8 Å². The highest BCUT2D eigenvalue weighted by atomic mass is 16.5. The summed E-state index contributed by atoms with van der Waals surface area (Å²) in [5, 5.41) is 6.72. The van der Waals surface area contributed by atoms with Crippen LogP contribution in [0.5, 0.6) is 11.5 Å².